The van der Waals surface area contributed by atoms with Gasteiger partial charge in [-0.2, -0.15) is 0 Å². The fourth-order valence-corrected chi connectivity index (χ4v) is 3.03. The number of rotatable bonds is 4. The summed E-state index contributed by atoms with van der Waals surface area (Å²) < 4.78 is 7.71. The predicted molar refractivity (Wildman–Crippen MR) is 99.4 cm³/mol. The zero-order chi connectivity index (χ0) is 17.3. The average Bonchev–Trinajstić information content (AvgIpc) is 3.00. The Hall–Kier alpha value is -2.73. The van der Waals surface area contributed by atoms with E-state index in [1.54, 1.807) is 7.11 Å². The molecule has 0 aliphatic rings. The maximum atomic E-state index is 5.66. The molecule has 0 aliphatic carbocycles. The van der Waals surface area contributed by atoms with Crippen LogP contribution in [0.5, 0.6) is 5.75 Å². The first-order valence-electron chi connectivity index (χ1n) is 8.24. The molecule has 0 radical (unpaired) electrons. The third-order valence-electron chi connectivity index (χ3n) is 4.38. The molecule has 0 atom stereocenters. The lowest BCUT2D eigenvalue weighted by Gasteiger charge is -2.10. The zero-order valence-corrected chi connectivity index (χ0v) is 14.6. The van der Waals surface area contributed by atoms with Gasteiger partial charge in [-0.15, -0.1) is 6.42 Å². The molecule has 3 nitrogen and oxygen atoms in total. The van der Waals surface area contributed by atoms with Crippen LogP contribution in [0.25, 0.3) is 22.4 Å². The van der Waals surface area contributed by atoms with Gasteiger partial charge in [-0.3, -0.25) is 0 Å². The second-order valence-corrected chi connectivity index (χ2v) is 6.11. The van der Waals surface area contributed by atoms with Crippen molar-refractivity contribution in [3.8, 4) is 29.5 Å². The van der Waals surface area contributed by atoms with Crippen LogP contribution >= 0.6 is 0 Å². The van der Waals surface area contributed by atoms with Crippen LogP contribution in [-0.2, 0) is 6.54 Å². The molecule has 3 heteroatoms. The van der Waals surface area contributed by atoms with E-state index in [0.29, 0.717) is 5.92 Å². The topological polar surface area (TPSA) is 27.1 Å². The molecular formula is C21H22N2O. The molecule has 2 aromatic carbocycles. The summed E-state index contributed by atoms with van der Waals surface area (Å²) in [5, 5.41) is 0. The first-order valence-corrected chi connectivity index (χ1v) is 8.24. The lowest BCUT2D eigenvalue weighted by molar-refractivity contribution is 0.417. The van der Waals surface area contributed by atoms with Crippen LogP contribution in [-0.4, -0.2) is 16.7 Å². The summed E-state index contributed by atoms with van der Waals surface area (Å²) in [7, 11) is 1.68. The van der Waals surface area contributed by atoms with Crippen LogP contribution < -0.4 is 4.74 Å². The van der Waals surface area contributed by atoms with E-state index in [0.717, 1.165) is 40.3 Å². The molecule has 24 heavy (non-hydrogen) atoms. The second kappa shape index (κ2) is 6.41. The molecule has 3 aromatic rings. The molecule has 0 saturated heterocycles. The highest BCUT2D eigenvalue weighted by molar-refractivity contribution is 5.90. The van der Waals surface area contributed by atoms with E-state index in [2.05, 4.69) is 55.5 Å². The molecule has 3 rings (SSSR count). The highest BCUT2D eigenvalue weighted by Crippen LogP contribution is 2.33. The van der Waals surface area contributed by atoms with Crippen molar-refractivity contribution < 1.29 is 4.74 Å². The number of methoxy groups -OCH3 is 1. The van der Waals surface area contributed by atoms with Crippen molar-refractivity contribution in [2.75, 3.05) is 7.11 Å². The molecule has 1 heterocycles. The minimum absolute atomic E-state index is 0.511. The predicted octanol–water partition coefficient (Wildman–Crippen LogP) is 4.84. The van der Waals surface area contributed by atoms with Crippen molar-refractivity contribution in [3.05, 3.63) is 47.5 Å². The van der Waals surface area contributed by atoms with Gasteiger partial charge in [-0.1, -0.05) is 44.0 Å². The molecule has 0 N–H and O–H groups in total. The number of hydrogen-bond acceptors (Lipinski definition) is 2. The summed E-state index contributed by atoms with van der Waals surface area (Å²) in [6, 6.07) is 12.4. The van der Waals surface area contributed by atoms with E-state index < -0.39 is 0 Å². The van der Waals surface area contributed by atoms with Gasteiger partial charge < -0.3 is 9.30 Å². The Morgan fingerprint density at radius 3 is 2.42 bits per heavy atom. The minimum Gasteiger partial charge on any atom is -0.494 e. The molecule has 0 bridgehead atoms. The Morgan fingerprint density at radius 1 is 1.17 bits per heavy atom. The number of terminal acetylenes is 1. The normalized spacial score (nSPS) is 11.0. The Labute approximate surface area is 143 Å². The SMILES string of the molecule is C#Cc1ccc(OC)c2c1nc(-c1ccc(C(C)C)cc1)n2CC. The number of aromatic nitrogens is 2. The van der Waals surface area contributed by atoms with Gasteiger partial charge in [0, 0.05) is 12.1 Å². The Morgan fingerprint density at radius 2 is 1.88 bits per heavy atom. The molecule has 0 aliphatic heterocycles. The molecule has 1 aromatic heterocycles. The number of imidazole rings is 1. The Bertz CT molecular complexity index is 912. The van der Waals surface area contributed by atoms with Crippen molar-refractivity contribution in [1.82, 2.24) is 9.55 Å². The lowest BCUT2D eigenvalue weighted by atomic mass is 10.0. The lowest BCUT2D eigenvalue weighted by Crippen LogP contribution is -1.99. The molecule has 0 fully saturated rings. The van der Waals surface area contributed by atoms with E-state index in [9.17, 15) is 0 Å². The third kappa shape index (κ3) is 2.55. The summed E-state index contributed by atoms with van der Waals surface area (Å²) >= 11 is 0. The van der Waals surface area contributed by atoms with Gasteiger partial charge >= 0.3 is 0 Å². The fourth-order valence-electron chi connectivity index (χ4n) is 3.03. The van der Waals surface area contributed by atoms with E-state index in [-0.39, 0.29) is 0 Å². The van der Waals surface area contributed by atoms with Gasteiger partial charge in [0.1, 0.15) is 22.6 Å². The highest BCUT2D eigenvalue weighted by Gasteiger charge is 2.17. The zero-order valence-electron chi connectivity index (χ0n) is 14.6. The van der Waals surface area contributed by atoms with Gasteiger partial charge in [-0.05, 0) is 30.5 Å². The summed E-state index contributed by atoms with van der Waals surface area (Å²) in [5.74, 6) is 4.96. The molecule has 0 amide bonds. The van der Waals surface area contributed by atoms with E-state index >= 15 is 0 Å². The van der Waals surface area contributed by atoms with Crippen molar-refractivity contribution in [1.29, 1.82) is 0 Å². The van der Waals surface area contributed by atoms with Gasteiger partial charge in [-0.25, -0.2) is 4.98 Å². The smallest absolute Gasteiger partial charge is 0.144 e. The van der Waals surface area contributed by atoms with Crippen LogP contribution in [0.1, 0.15) is 37.8 Å². The van der Waals surface area contributed by atoms with Crippen molar-refractivity contribution in [2.45, 2.75) is 33.2 Å². The molecule has 0 spiro atoms. The molecule has 122 valence electrons. The van der Waals surface area contributed by atoms with Crippen LogP contribution in [0.3, 0.4) is 0 Å². The van der Waals surface area contributed by atoms with E-state index in [1.807, 2.05) is 12.1 Å². The first-order chi connectivity index (χ1) is 11.6. The van der Waals surface area contributed by atoms with E-state index in [1.165, 1.54) is 5.56 Å². The maximum absolute atomic E-state index is 5.66. The summed E-state index contributed by atoms with van der Waals surface area (Å²) in [6.07, 6.45) is 5.66. The number of nitrogens with zero attached hydrogens (tertiary/aromatic N) is 2. The van der Waals surface area contributed by atoms with Crippen LogP contribution in [0, 0.1) is 12.3 Å². The second-order valence-electron chi connectivity index (χ2n) is 6.11. The standard InChI is InChI=1S/C21H22N2O/c1-6-15-12-13-18(24-5)20-19(15)22-21(23(20)7-2)17-10-8-16(9-11-17)14(3)4/h1,8-14H,7H2,2-5H3. The van der Waals surface area contributed by atoms with Gasteiger partial charge in [0.25, 0.3) is 0 Å². The number of aryl methyl sites for hydroxylation is 1. The van der Waals surface area contributed by atoms with Crippen molar-refractivity contribution in [3.63, 3.8) is 0 Å². The van der Waals surface area contributed by atoms with Crippen molar-refractivity contribution >= 4 is 11.0 Å². The highest BCUT2D eigenvalue weighted by atomic mass is 16.5. The summed E-state index contributed by atoms with van der Waals surface area (Å²) in [5.41, 5.74) is 4.97. The number of ether oxygens (including phenoxy) is 1. The molecular weight excluding hydrogens is 296 g/mol. The number of benzene rings is 2. The first kappa shape index (κ1) is 16.1. The monoisotopic (exact) mass is 318 g/mol. The quantitative estimate of drug-likeness (QED) is 0.644. The number of fused-ring (bicyclic) bond motifs is 1. The summed E-state index contributed by atoms with van der Waals surface area (Å²) in [6.45, 7) is 7.29. The molecule has 0 unspecified atom stereocenters. The van der Waals surface area contributed by atoms with Gasteiger partial charge in [0.2, 0.25) is 0 Å². The van der Waals surface area contributed by atoms with Gasteiger partial charge in [0.15, 0.2) is 0 Å². The average molecular weight is 318 g/mol. The maximum Gasteiger partial charge on any atom is 0.144 e. The Kier molecular flexibility index (Phi) is 4.31. The van der Waals surface area contributed by atoms with Gasteiger partial charge in [0.05, 0.1) is 12.7 Å². The number of hydrogen-bond donors (Lipinski definition) is 0. The van der Waals surface area contributed by atoms with Crippen molar-refractivity contribution in [2.24, 2.45) is 0 Å². The van der Waals surface area contributed by atoms with E-state index in [4.69, 9.17) is 16.1 Å². The largest absolute Gasteiger partial charge is 0.494 e. The minimum atomic E-state index is 0.511. The van der Waals surface area contributed by atoms with Crippen LogP contribution in [0.2, 0.25) is 0 Å². The fraction of sp³-hybridized carbons (Fsp3) is 0.286. The molecule has 0 saturated carbocycles. The van der Waals surface area contributed by atoms with Crippen LogP contribution in [0.4, 0.5) is 0 Å². The summed E-state index contributed by atoms with van der Waals surface area (Å²) in [4.78, 5) is 4.85. The van der Waals surface area contributed by atoms with Crippen LogP contribution in [0.15, 0.2) is 36.4 Å². The third-order valence-corrected chi connectivity index (χ3v) is 4.38. The Balaban J connectivity index is 2.27.